The van der Waals surface area contributed by atoms with Crippen molar-refractivity contribution >= 4 is 12.0 Å². The number of hydrogen-bond acceptors (Lipinski definition) is 4. The Bertz CT molecular complexity index is 1050. The van der Waals surface area contributed by atoms with Gasteiger partial charge in [-0.2, -0.15) is 0 Å². The molecule has 2 fully saturated rings. The van der Waals surface area contributed by atoms with E-state index < -0.39 is 23.6 Å². The molecule has 34 heavy (non-hydrogen) atoms. The SMILES string of the molecule is COc1cc(F)c(F)cc1-c1ccc(OCC2CCCN(C(=O)N3CCCC3C(=O)O)C2)cc1. The van der Waals surface area contributed by atoms with Gasteiger partial charge in [0.25, 0.3) is 0 Å². The van der Waals surface area contributed by atoms with Crippen LogP contribution in [-0.4, -0.2) is 66.3 Å². The number of nitrogens with zero attached hydrogens (tertiary/aromatic N) is 2. The third kappa shape index (κ3) is 5.08. The molecular weight excluding hydrogens is 446 g/mol. The highest BCUT2D eigenvalue weighted by atomic mass is 19.2. The van der Waals surface area contributed by atoms with Crippen molar-refractivity contribution in [2.75, 3.05) is 33.4 Å². The van der Waals surface area contributed by atoms with Crippen LogP contribution < -0.4 is 9.47 Å². The van der Waals surface area contributed by atoms with E-state index in [4.69, 9.17) is 9.47 Å². The zero-order valence-electron chi connectivity index (χ0n) is 19.0. The minimum absolute atomic E-state index is 0.134. The molecule has 2 aromatic rings. The molecule has 2 saturated heterocycles. The number of likely N-dealkylation sites (tertiary alicyclic amines) is 2. The third-order valence-corrected chi connectivity index (χ3v) is 6.47. The van der Waals surface area contributed by atoms with Crippen LogP contribution >= 0.6 is 0 Å². The van der Waals surface area contributed by atoms with Gasteiger partial charge in [-0.05, 0) is 49.4 Å². The number of aliphatic carboxylic acids is 1. The summed E-state index contributed by atoms with van der Waals surface area (Å²) in [6.07, 6.45) is 2.94. The van der Waals surface area contributed by atoms with E-state index in [-0.39, 0.29) is 17.7 Å². The Morgan fingerprint density at radius 2 is 1.76 bits per heavy atom. The predicted octanol–water partition coefficient (Wildman–Crippen LogP) is 4.40. The first-order chi connectivity index (χ1) is 16.4. The molecule has 182 valence electrons. The first-order valence-corrected chi connectivity index (χ1v) is 11.4. The summed E-state index contributed by atoms with van der Waals surface area (Å²) in [5, 5.41) is 9.37. The normalized spacial score (nSPS) is 20.3. The Kier molecular flexibility index (Phi) is 7.19. The number of carbonyl (C=O) groups is 2. The summed E-state index contributed by atoms with van der Waals surface area (Å²) in [5.41, 5.74) is 1.10. The lowest BCUT2D eigenvalue weighted by Crippen LogP contribution is -2.51. The van der Waals surface area contributed by atoms with Crippen molar-refractivity contribution in [1.82, 2.24) is 9.80 Å². The average Bonchev–Trinajstić information content (AvgIpc) is 3.35. The number of carboxylic acids is 1. The van der Waals surface area contributed by atoms with Crippen molar-refractivity contribution in [3.05, 3.63) is 48.0 Å². The van der Waals surface area contributed by atoms with E-state index in [0.29, 0.717) is 56.0 Å². The maximum atomic E-state index is 13.7. The molecule has 4 rings (SSSR count). The van der Waals surface area contributed by atoms with E-state index >= 15 is 0 Å². The second kappa shape index (κ2) is 10.3. The Morgan fingerprint density at radius 3 is 2.47 bits per heavy atom. The summed E-state index contributed by atoms with van der Waals surface area (Å²) >= 11 is 0. The molecule has 0 saturated carbocycles. The number of ether oxygens (including phenoxy) is 2. The molecule has 2 heterocycles. The number of carbonyl (C=O) groups excluding carboxylic acids is 1. The molecule has 2 amide bonds. The van der Waals surface area contributed by atoms with Crippen LogP contribution in [0.3, 0.4) is 0 Å². The monoisotopic (exact) mass is 474 g/mol. The van der Waals surface area contributed by atoms with Crippen LogP contribution in [0.4, 0.5) is 13.6 Å². The molecule has 2 aliphatic rings. The lowest BCUT2D eigenvalue weighted by molar-refractivity contribution is -0.141. The van der Waals surface area contributed by atoms with Gasteiger partial charge < -0.3 is 24.4 Å². The van der Waals surface area contributed by atoms with Gasteiger partial charge in [-0.25, -0.2) is 18.4 Å². The largest absolute Gasteiger partial charge is 0.496 e. The number of hydrogen-bond donors (Lipinski definition) is 1. The number of piperidine rings is 1. The van der Waals surface area contributed by atoms with Crippen molar-refractivity contribution in [2.24, 2.45) is 5.92 Å². The van der Waals surface area contributed by atoms with Crippen molar-refractivity contribution in [2.45, 2.75) is 31.7 Å². The average molecular weight is 475 g/mol. The third-order valence-electron chi connectivity index (χ3n) is 6.47. The molecular formula is C25H28F2N2O5. The fourth-order valence-corrected chi connectivity index (χ4v) is 4.68. The molecule has 0 spiro atoms. The zero-order valence-corrected chi connectivity index (χ0v) is 19.0. The number of halogens is 2. The first-order valence-electron chi connectivity index (χ1n) is 11.4. The molecule has 0 aromatic heterocycles. The van der Waals surface area contributed by atoms with Gasteiger partial charge in [0, 0.05) is 37.2 Å². The Hall–Kier alpha value is -3.36. The minimum atomic E-state index is -0.969. The van der Waals surface area contributed by atoms with Crippen LogP contribution in [0.25, 0.3) is 11.1 Å². The van der Waals surface area contributed by atoms with Gasteiger partial charge in [0.15, 0.2) is 11.6 Å². The van der Waals surface area contributed by atoms with Crippen LogP contribution in [0.15, 0.2) is 36.4 Å². The van der Waals surface area contributed by atoms with Crippen molar-refractivity contribution < 1.29 is 33.0 Å². The molecule has 1 N–H and O–H groups in total. The van der Waals surface area contributed by atoms with Crippen molar-refractivity contribution in [3.8, 4) is 22.6 Å². The van der Waals surface area contributed by atoms with Gasteiger partial charge in [-0.15, -0.1) is 0 Å². The molecule has 2 atom stereocenters. The second-order valence-electron chi connectivity index (χ2n) is 8.73. The summed E-state index contributed by atoms with van der Waals surface area (Å²) in [7, 11) is 1.40. The Balaban J connectivity index is 1.35. The number of carboxylic acid groups (broad SMARTS) is 1. The van der Waals surface area contributed by atoms with Crippen LogP contribution in [0.2, 0.25) is 0 Å². The van der Waals surface area contributed by atoms with Gasteiger partial charge in [0.1, 0.15) is 17.5 Å². The van der Waals surface area contributed by atoms with Gasteiger partial charge >= 0.3 is 12.0 Å². The number of benzene rings is 2. The van der Waals surface area contributed by atoms with E-state index in [1.807, 2.05) is 0 Å². The summed E-state index contributed by atoms with van der Waals surface area (Å²) < 4.78 is 38.3. The fourth-order valence-electron chi connectivity index (χ4n) is 4.68. The highest BCUT2D eigenvalue weighted by Gasteiger charge is 2.37. The Morgan fingerprint density at radius 1 is 1.06 bits per heavy atom. The van der Waals surface area contributed by atoms with Gasteiger partial charge in [-0.3, -0.25) is 0 Å². The van der Waals surface area contributed by atoms with Crippen molar-refractivity contribution in [3.63, 3.8) is 0 Å². The second-order valence-corrected chi connectivity index (χ2v) is 8.73. The van der Waals surface area contributed by atoms with Gasteiger partial charge in [0.2, 0.25) is 0 Å². The van der Waals surface area contributed by atoms with Gasteiger partial charge in [-0.1, -0.05) is 12.1 Å². The maximum absolute atomic E-state index is 13.7. The maximum Gasteiger partial charge on any atom is 0.326 e. The highest BCUT2D eigenvalue weighted by molar-refractivity contribution is 5.83. The van der Waals surface area contributed by atoms with Crippen LogP contribution in [0, 0.1) is 17.6 Å². The van der Waals surface area contributed by atoms with Gasteiger partial charge in [0.05, 0.1) is 13.7 Å². The predicted molar refractivity (Wildman–Crippen MR) is 121 cm³/mol. The first kappa shape index (κ1) is 23.8. The summed E-state index contributed by atoms with van der Waals surface area (Å²) in [6.45, 7) is 2.03. The molecule has 2 aliphatic heterocycles. The minimum Gasteiger partial charge on any atom is -0.496 e. The molecule has 0 bridgehead atoms. The molecule has 0 aliphatic carbocycles. The lowest BCUT2D eigenvalue weighted by atomic mass is 9.99. The molecule has 2 unspecified atom stereocenters. The van der Waals surface area contributed by atoms with E-state index in [0.717, 1.165) is 25.0 Å². The highest BCUT2D eigenvalue weighted by Crippen LogP contribution is 2.33. The summed E-state index contributed by atoms with van der Waals surface area (Å²) in [6, 6.07) is 8.18. The smallest absolute Gasteiger partial charge is 0.326 e. The number of urea groups is 1. The fraction of sp³-hybridized carbons (Fsp3) is 0.440. The lowest BCUT2D eigenvalue weighted by Gasteiger charge is -2.36. The molecule has 0 radical (unpaired) electrons. The molecule has 2 aromatic carbocycles. The van der Waals surface area contributed by atoms with Crippen LogP contribution in [0.5, 0.6) is 11.5 Å². The Labute approximate surface area is 196 Å². The summed E-state index contributed by atoms with van der Waals surface area (Å²) in [5.74, 6) is -1.87. The van der Waals surface area contributed by atoms with E-state index in [9.17, 15) is 23.5 Å². The number of methoxy groups -OCH3 is 1. The van der Waals surface area contributed by atoms with E-state index in [2.05, 4.69) is 0 Å². The van der Waals surface area contributed by atoms with Crippen molar-refractivity contribution in [1.29, 1.82) is 0 Å². The van der Waals surface area contributed by atoms with Crippen LogP contribution in [0.1, 0.15) is 25.7 Å². The topological polar surface area (TPSA) is 79.3 Å². The summed E-state index contributed by atoms with van der Waals surface area (Å²) in [4.78, 5) is 27.5. The molecule has 9 heteroatoms. The van der Waals surface area contributed by atoms with E-state index in [1.165, 1.54) is 12.0 Å². The van der Waals surface area contributed by atoms with E-state index in [1.54, 1.807) is 29.2 Å². The zero-order chi connectivity index (χ0) is 24.2. The quantitative estimate of drug-likeness (QED) is 0.672. The standard InChI is InChI=1S/C25H28F2N2O5/c1-33-23-13-21(27)20(26)12-19(23)17-6-8-18(9-7-17)34-15-16-4-2-10-28(14-16)25(32)29-11-3-5-22(29)24(30)31/h6-9,12-13,16,22H,2-5,10-11,14-15H2,1H3,(H,30,31). The van der Waals surface area contributed by atoms with Crippen LogP contribution in [-0.2, 0) is 4.79 Å². The number of amides is 2. The molecule has 7 nitrogen and oxygen atoms in total. The number of rotatable bonds is 6.